The van der Waals surface area contributed by atoms with Gasteiger partial charge in [0, 0.05) is 18.2 Å². The van der Waals surface area contributed by atoms with Gasteiger partial charge in [0.2, 0.25) is 5.91 Å². The largest absolute Gasteiger partial charge is 0.495 e. The van der Waals surface area contributed by atoms with Crippen LogP contribution in [-0.4, -0.2) is 33.8 Å². The van der Waals surface area contributed by atoms with E-state index < -0.39 is 0 Å². The molecule has 0 bridgehead atoms. The van der Waals surface area contributed by atoms with Crippen molar-refractivity contribution in [1.82, 2.24) is 0 Å². The molecule has 0 aliphatic carbocycles. The van der Waals surface area contributed by atoms with E-state index in [1.54, 1.807) is 30.3 Å². The highest BCUT2D eigenvalue weighted by Crippen LogP contribution is 2.37. The second-order valence-corrected chi connectivity index (χ2v) is 6.29. The highest BCUT2D eigenvalue weighted by molar-refractivity contribution is 6.32. The summed E-state index contributed by atoms with van der Waals surface area (Å²) in [6, 6.07) is 6.57. The van der Waals surface area contributed by atoms with Crippen LogP contribution >= 0.6 is 23.2 Å². The molecule has 2 rings (SSSR count). The van der Waals surface area contributed by atoms with E-state index in [-0.39, 0.29) is 5.91 Å². The Morgan fingerprint density at radius 2 is 1.64 bits per heavy atom. The van der Waals surface area contributed by atoms with Crippen LogP contribution < -0.4 is 24.3 Å². The fourth-order valence-electron chi connectivity index (χ4n) is 2.42. The van der Waals surface area contributed by atoms with Gasteiger partial charge in [0.25, 0.3) is 0 Å². The monoisotopic (exact) mass is 425 g/mol. The SMILES string of the molecule is CCOc1c(Cl)cc(/C=C/C(=O)Nc2cc(OC)c(Cl)cc2OC)cc1OC. The maximum absolute atomic E-state index is 12.3. The van der Waals surface area contributed by atoms with Gasteiger partial charge in [0.05, 0.1) is 43.7 Å². The molecule has 2 aromatic rings. The summed E-state index contributed by atoms with van der Waals surface area (Å²) in [6.07, 6.45) is 2.98. The Morgan fingerprint density at radius 1 is 0.964 bits per heavy atom. The predicted molar refractivity (Wildman–Crippen MR) is 111 cm³/mol. The molecule has 28 heavy (non-hydrogen) atoms. The van der Waals surface area contributed by atoms with Crippen molar-refractivity contribution < 1.29 is 23.7 Å². The molecule has 0 saturated carbocycles. The Hall–Kier alpha value is -2.57. The van der Waals surface area contributed by atoms with Crippen LogP contribution in [0, 0.1) is 0 Å². The molecule has 150 valence electrons. The van der Waals surface area contributed by atoms with Crippen LogP contribution in [0.4, 0.5) is 5.69 Å². The van der Waals surface area contributed by atoms with Crippen LogP contribution in [0.25, 0.3) is 6.08 Å². The van der Waals surface area contributed by atoms with E-state index in [0.717, 1.165) is 0 Å². The van der Waals surface area contributed by atoms with Gasteiger partial charge < -0.3 is 24.3 Å². The number of benzene rings is 2. The molecule has 0 saturated heterocycles. The van der Waals surface area contributed by atoms with E-state index in [2.05, 4.69) is 5.32 Å². The van der Waals surface area contributed by atoms with Crippen molar-refractivity contribution in [2.24, 2.45) is 0 Å². The number of carbonyl (C=O) groups excluding carboxylic acids is 1. The van der Waals surface area contributed by atoms with Gasteiger partial charge >= 0.3 is 0 Å². The van der Waals surface area contributed by atoms with Gasteiger partial charge in [0.1, 0.15) is 11.5 Å². The van der Waals surface area contributed by atoms with Crippen molar-refractivity contribution in [2.45, 2.75) is 6.92 Å². The van der Waals surface area contributed by atoms with Crippen molar-refractivity contribution >= 4 is 40.9 Å². The smallest absolute Gasteiger partial charge is 0.248 e. The molecule has 0 fully saturated rings. The Balaban J connectivity index is 2.22. The lowest BCUT2D eigenvalue weighted by Crippen LogP contribution is -2.09. The molecule has 0 aliphatic rings. The van der Waals surface area contributed by atoms with Crippen molar-refractivity contribution in [3.05, 3.63) is 46.0 Å². The second kappa shape index (κ2) is 10.1. The zero-order chi connectivity index (χ0) is 20.7. The maximum atomic E-state index is 12.3. The summed E-state index contributed by atoms with van der Waals surface area (Å²) in [5, 5.41) is 3.50. The second-order valence-electron chi connectivity index (χ2n) is 5.48. The topological polar surface area (TPSA) is 66.0 Å². The molecule has 8 heteroatoms. The third-order valence-electron chi connectivity index (χ3n) is 3.70. The van der Waals surface area contributed by atoms with E-state index >= 15 is 0 Å². The number of nitrogens with one attached hydrogen (secondary N) is 1. The molecule has 1 N–H and O–H groups in total. The first kappa shape index (κ1) is 21.7. The summed E-state index contributed by atoms with van der Waals surface area (Å²) in [5.74, 6) is 1.42. The highest BCUT2D eigenvalue weighted by Gasteiger charge is 2.13. The van der Waals surface area contributed by atoms with Gasteiger partial charge in [-0.1, -0.05) is 23.2 Å². The number of hydrogen-bond acceptors (Lipinski definition) is 5. The van der Waals surface area contributed by atoms with Crippen molar-refractivity contribution in [1.29, 1.82) is 0 Å². The average molecular weight is 426 g/mol. The van der Waals surface area contributed by atoms with E-state index in [4.69, 9.17) is 42.1 Å². The van der Waals surface area contributed by atoms with Gasteiger partial charge in [-0.15, -0.1) is 0 Å². The van der Waals surface area contributed by atoms with Gasteiger partial charge in [-0.2, -0.15) is 0 Å². The van der Waals surface area contributed by atoms with E-state index in [0.29, 0.717) is 50.9 Å². The first-order valence-corrected chi connectivity index (χ1v) is 9.10. The minimum atomic E-state index is -0.369. The van der Waals surface area contributed by atoms with Gasteiger partial charge in [-0.25, -0.2) is 0 Å². The van der Waals surface area contributed by atoms with Crippen molar-refractivity contribution in [2.75, 3.05) is 33.3 Å². The molecule has 1 amide bonds. The summed E-state index contributed by atoms with van der Waals surface area (Å²) < 4.78 is 21.2. The van der Waals surface area contributed by atoms with Crippen LogP contribution in [-0.2, 0) is 4.79 Å². The number of methoxy groups -OCH3 is 3. The molecule has 0 aromatic heterocycles. The molecule has 0 atom stereocenters. The number of ether oxygens (including phenoxy) is 4. The number of rotatable bonds is 8. The number of amides is 1. The number of hydrogen-bond donors (Lipinski definition) is 1. The lowest BCUT2D eigenvalue weighted by atomic mass is 10.2. The minimum Gasteiger partial charge on any atom is -0.495 e. The first-order chi connectivity index (χ1) is 13.4. The third-order valence-corrected chi connectivity index (χ3v) is 4.28. The number of halogens is 2. The summed E-state index contributed by atoms with van der Waals surface area (Å²) >= 11 is 12.3. The zero-order valence-corrected chi connectivity index (χ0v) is 17.5. The van der Waals surface area contributed by atoms with Gasteiger partial charge in [-0.05, 0) is 30.7 Å². The fourth-order valence-corrected chi connectivity index (χ4v) is 2.93. The average Bonchev–Trinajstić information content (AvgIpc) is 2.69. The summed E-state index contributed by atoms with van der Waals surface area (Å²) in [4.78, 5) is 12.3. The normalized spacial score (nSPS) is 10.6. The molecule has 0 radical (unpaired) electrons. The van der Waals surface area contributed by atoms with Crippen molar-refractivity contribution in [3.8, 4) is 23.0 Å². The Bertz CT molecular complexity index is 883. The molecular weight excluding hydrogens is 405 g/mol. The quantitative estimate of drug-likeness (QED) is 0.597. The van der Waals surface area contributed by atoms with Crippen LogP contribution in [0.2, 0.25) is 10.0 Å². The van der Waals surface area contributed by atoms with Crippen LogP contribution in [0.15, 0.2) is 30.3 Å². The lowest BCUT2D eigenvalue weighted by molar-refractivity contribution is -0.111. The number of carbonyl (C=O) groups is 1. The molecule has 0 spiro atoms. The van der Waals surface area contributed by atoms with Gasteiger partial charge in [0.15, 0.2) is 11.5 Å². The van der Waals surface area contributed by atoms with E-state index in [9.17, 15) is 4.79 Å². The van der Waals surface area contributed by atoms with E-state index in [1.807, 2.05) is 6.92 Å². The summed E-state index contributed by atoms with van der Waals surface area (Å²) in [6.45, 7) is 2.31. The summed E-state index contributed by atoms with van der Waals surface area (Å²) in [5.41, 5.74) is 1.11. The Morgan fingerprint density at radius 3 is 2.25 bits per heavy atom. The molecular formula is C20H21Cl2NO5. The van der Waals surface area contributed by atoms with Gasteiger partial charge in [-0.3, -0.25) is 4.79 Å². The fraction of sp³-hybridized carbons (Fsp3) is 0.250. The molecule has 2 aromatic carbocycles. The third kappa shape index (κ3) is 5.24. The lowest BCUT2D eigenvalue weighted by Gasteiger charge is -2.12. The van der Waals surface area contributed by atoms with Crippen molar-refractivity contribution in [3.63, 3.8) is 0 Å². The Kier molecular flexibility index (Phi) is 7.84. The Labute approximate surface area is 173 Å². The van der Waals surface area contributed by atoms with E-state index in [1.165, 1.54) is 27.4 Å². The van der Waals surface area contributed by atoms with Crippen LogP contribution in [0.3, 0.4) is 0 Å². The first-order valence-electron chi connectivity index (χ1n) is 8.34. The molecule has 0 heterocycles. The van der Waals surface area contributed by atoms with Crippen LogP contribution in [0.5, 0.6) is 23.0 Å². The summed E-state index contributed by atoms with van der Waals surface area (Å²) in [7, 11) is 4.49. The standard InChI is InChI=1S/C20H21Cl2NO5/c1-5-28-20-14(22)8-12(9-18(20)27-4)6-7-19(24)23-15-11-16(25-2)13(21)10-17(15)26-3/h6-11H,5H2,1-4H3,(H,23,24)/b7-6+. The minimum absolute atomic E-state index is 0.369. The van der Waals surface area contributed by atoms with Crippen LogP contribution in [0.1, 0.15) is 12.5 Å². The zero-order valence-electron chi connectivity index (χ0n) is 16.0. The molecule has 0 aliphatic heterocycles. The molecule has 6 nitrogen and oxygen atoms in total. The highest BCUT2D eigenvalue weighted by atomic mass is 35.5. The molecule has 0 unspecified atom stereocenters. The predicted octanol–water partition coefficient (Wildman–Crippen LogP) is 5.07. The number of anilines is 1. The maximum Gasteiger partial charge on any atom is 0.248 e.